The third-order valence-corrected chi connectivity index (χ3v) is 5.02. The molecule has 0 N–H and O–H groups in total. The number of carbonyl (C=O) groups excluding carboxylic acids is 1. The van der Waals surface area contributed by atoms with Crippen LogP contribution in [0.1, 0.15) is 33.0 Å². The zero-order valence-electron chi connectivity index (χ0n) is 15.9. The largest absolute Gasteiger partial charge is 0.309 e. The molecule has 27 heavy (non-hydrogen) atoms. The molecule has 2 heterocycles. The first kappa shape index (κ1) is 19.2. The van der Waals surface area contributed by atoms with Gasteiger partial charge in [-0.15, -0.1) is 10.2 Å². The van der Waals surface area contributed by atoms with E-state index in [1.165, 1.54) is 11.8 Å². The van der Waals surface area contributed by atoms with Gasteiger partial charge in [-0.25, -0.2) is 4.68 Å². The van der Waals surface area contributed by atoms with Crippen molar-refractivity contribution in [2.24, 2.45) is 0 Å². The van der Waals surface area contributed by atoms with Crippen molar-refractivity contribution in [3.63, 3.8) is 0 Å². The standard InChI is InChI=1S/C20H25N5OS/c1-4-10-18-21-22-20(25(18)23-13-8-9-14-23)27-15-19(26)24(16(2)3)17-11-6-5-7-12-17/h5-9,11-14,16H,4,10,15H2,1-3H3. The minimum Gasteiger partial charge on any atom is -0.309 e. The van der Waals surface area contributed by atoms with Gasteiger partial charge in [-0.2, -0.15) is 0 Å². The van der Waals surface area contributed by atoms with Crippen LogP contribution in [0, 0.1) is 0 Å². The van der Waals surface area contributed by atoms with Crippen molar-refractivity contribution in [2.45, 2.75) is 44.8 Å². The van der Waals surface area contributed by atoms with Gasteiger partial charge in [-0.05, 0) is 44.5 Å². The molecule has 0 radical (unpaired) electrons. The fraction of sp³-hybridized carbons (Fsp3) is 0.350. The predicted molar refractivity (Wildman–Crippen MR) is 109 cm³/mol. The maximum atomic E-state index is 12.9. The van der Waals surface area contributed by atoms with Gasteiger partial charge in [0, 0.05) is 30.5 Å². The van der Waals surface area contributed by atoms with Crippen LogP contribution in [0.25, 0.3) is 0 Å². The number of hydrogen-bond acceptors (Lipinski definition) is 4. The highest BCUT2D eigenvalue weighted by Gasteiger charge is 2.21. The lowest BCUT2D eigenvalue weighted by Crippen LogP contribution is -2.38. The van der Waals surface area contributed by atoms with Crippen molar-refractivity contribution in [3.05, 3.63) is 60.7 Å². The Morgan fingerprint density at radius 1 is 1.11 bits per heavy atom. The van der Waals surface area contributed by atoms with Crippen LogP contribution < -0.4 is 4.90 Å². The first-order valence-corrected chi connectivity index (χ1v) is 10.2. The molecule has 1 aromatic carbocycles. The summed E-state index contributed by atoms with van der Waals surface area (Å²) in [5.41, 5.74) is 0.914. The number of hydrogen-bond donors (Lipinski definition) is 0. The summed E-state index contributed by atoms with van der Waals surface area (Å²) in [7, 11) is 0. The smallest absolute Gasteiger partial charge is 0.237 e. The minimum atomic E-state index is 0.0558. The third-order valence-electron chi connectivity index (χ3n) is 4.11. The van der Waals surface area contributed by atoms with Crippen LogP contribution in [0.4, 0.5) is 5.69 Å². The summed E-state index contributed by atoms with van der Waals surface area (Å²) in [6.45, 7) is 6.17. The molecule has 0 bridgehead atoms. The highest BCUT2D eigenvalue weighted by Crippen LogP contribution is 2.22. The molecule has 0 aliphatic rings. The van der Waals surface area contributed by atoms with Gasteiger partial charge < -0.3 is 4.90 Å². The number of amides is 1. The van der Waals surface area contributed by atoms with E-state index in [-0.39, 0.29) is 11.9 Å². The molecule has 0 saturated heterocycles. The zero-order valence-corrected chi connectivity index (χ0v) is 16.8. The second kappa shape index (κ2) is 8.90. The molecular weight excluding hydrogens is 358 g/mol. The number of carbonyl (C=O) groups is 1. The molecule has 0 aliphatic carbocycles. The average molecular weight is 384 g/mol. The molecule has 0 fully saturated rings. The van der Waals surface area contributed by atoms with Gasteiger partial charge in [0.15, 0.2) is 5.82 Å². The van der Waals surface area contributed by atoms with Crippen molar-refractivity contribution in [2.75, 3.05) is 10.7 Å². The van der Waals surface area contributed by atoms with E-state index in [1.807, 2.05) is 83.0 Å². The van der Waals surface area contributed by atoms with Crippen molar-refractivity contribution >= 4 is 23.4 Å². The van der Waals surface area contributed by atoms with E-state index in [2.05, 4.69) is 17.1 Å². The summed E-state index contributed by atoms with van der Waals surface area (Å²) in [6.07, 6.45) is 5.73. The number of para-hydroxylation sites is 1. The Balaban J connectivity index is 1.79. The topological polar surface area (TPSA) is 56.0 Å². The van der Waals surface area contributed by atoms with Crippen molar-refractivity contribution in [1.82, 2.24) is 19.5 Å². The Morgan fingerprint density at radius 3 is 2.44 bits per heavy atom. The van der Waals surface area contributed by atoms with Crippen LogP contribution in [0.15, 0.2) is 60.0 Å². The number of aryl methyl sites for hydroxylation is 1. The average Bonchev–Trinajstić information content (AvgIpc) is 3.30. The SMILES string of the molecule is CCCc1nnc(SCC(=O)N(c2ccccc2)C(C)C)n1-n1cccc1. The Morgan fingerprint density at radius 2 is 1.81 bits per heavy atom. The molecule has 0 aliphatic heterocycles. The Bertz CT molecular complexity index is 858. The molecule has 0 unspecified atom stereocenters. The van der Waals surface area contributed by atoms with E-state index >= 15 is 0 Å². The van der Waals surface area contributed by atoms with Gasteiger partial charge in [0.2, 0.25) is 11.1 Å². The third kappa shape index (κ3) is 4.42. The summed E-state index contributed by atoms with van der Waals surface area (Å²) in [4.78, 5) is 14.8. The van der Waals surface area contributed by atoms with Crippen LogP contribution >= 0.6 is 11.8 Å². The quantitative estimate of drug-likeness (QED) is 0.554. The monoisotopic (exact) mass is 383 g/mol. The van der Waals surface area contributed by atoms with Gasteiger partial charge in [0.25, 0.3) is 0 Å². The molecule has 3 rings (SSSR count). The number of aromatic nitrogens is 4. The molecule has 1 amide bonds. The number of anilines is 1. The molecule has 0 saturated carbocycles. The van der Waals surface area contributed by atoms with Crippen LogP contribution in [0.5, 0.6) is 0 Å². The van der Waals surface area contributed by atoms with E-state index in [0.717, 1.165) is 29.5 Å². The molecule has 7 heteroatoms. The van der Waals surface area contributed by atoms with E-state index in [4.69, 9.17) is 0 Å². The zero-order chi connectivity index (χ0) is 19.2. The summed E-state index contributed by atoms with van der Waals surface area (Å²) >= 11 is 1.42. The van der Waals surface area contributed by atoms with Gasteiger partial charge >= 0.3 is 0 Å². The molecular formula is C20H25N5OS. The number of benzene rings is 1. The van der Waals surface area contributed by atoms with Gasteiger partial charge in [0.1, 0.15) is 0 Å². The second-order valence-electron chi connectivity index (χ2n) is 6.51. The second-order valence-corrected chi connectivity index (χ2v) is 7.45. The van der Waals surface area contributed by atoms with E-state index in [1.54, 1.807) is 0 Å². The summed E-state index contributed by atoms with van der Waals surface area (Å²) in [5.74, 6) is 1.26. The lowest BCUT2D eigenvalue weighted by atomic mass is 10.2. The lowest BCUT2D eigenvalue weighted by Gasteiger charge is -2.26. The lowest BCUT2D eigenvalue weighted by molar-refractivity contribution is -0.116. The normalized spacial score (nSPS) is 11.1. The summed E-state index contributed by atoms with van der Waals surface area (Å²) < 4.78 is 3.93. The Labute approximate surface area is 164 Å². The maximum Gasteiger partial charge on any atom is 0.237 e. The molecule has 6 nitrogen and oxygen atoms in total. The van der Waals surface area contributed by atoms with E-state index in [0.29, 0.717) is 5.75 Å². The summed E-state index contributed by atoms with van der Waals surface area (Å²) in [5, 5.41) is 9.37. The highest BCUT2D eigenvalue weighted by atomic mass is 32.2. The van der Waals surface area contributed by atoms with Crippen LogP contribution in [0.3, 0.4) is 0 Å². The van der Waals surface area contributed by atoms with Crippen LogP contribution in [-0.2, 0) is 11.2 Å². The number of nitrogens with zero attached hydrogens (tertiary/aromatic N) is 5. The van der Waals surface area contributed by atoms with Gasteiger partial charge in [-0.3, -0.25) is 9.47 Å². The van der Waals surface area contributed by atoms with Crippen molar-refractivity contribution in [1.29, 1.82) is 0 Å². The Kier molecular flexibility index (Phi) is 6.34. The predicted octanol–water partition coefficient (Wildman–Crippen LogP) is 3.88. The van der Waals surface area contributed by atoms with Crippen molar-refractivity contribution in [3.8, 4) is 0 Å². The van der Waals surface area contributed by atoms with Crippen LogP contribution in [0.2, 0.25) is 0 Å². The highest BCUT2D eigenvalue weighted by molar-refractivity contribution is 7.99. The fourth-order valence-electron chi connectivity index (χ4n) is 2.97. The fourth-order valence-corrected chi connectivity index (χ4v) is 3.78. The van der Waals surface area contributed by atoms with Crippen LogP contribution in [-0.4, -0.2) is 37.3 Å². The number of rotatable bonds is 8. The number of thioether (sulfide) groups is 1. The van der Waals surface area contributed by atoms with Crippen molar-refractivity contribution < 1.29 is 4.79 Å². The molecule has 3 aromatic rings. The molecule has 142 valence electrons. The first-order valence-electron chi connectivity index (χ1n) is 9.19. The first-order chi connectivity index (χ1) is 13.1. The maximum absolute atomic E-state index is 12.9. The van der Waals surface area contributed by atoms with E-state index in [9.17, 15) is 4.79 Å². The molecule has 2 aromatic heterocycles. The Hall–Kier alpha value is -2.54. The molecule has 0 atom stereocenters. The molecule has 0 spiro atoms. The minimum absolute atomic E-state index is 0.0558. The summed E-state index contributed by atoms with van der Waals surface area (Å²) in [6, 6.07) is 13.8. The van der Waals surface area contributed by atoms with Gasteiger partial charge in [0.05, 0.1) is 5.75 Å². The van der Waals surface area contributed by atoms with Gasteiger partial charge in [-0.1, -0.05) is 36.9 Å². The van der Waals surface area contributed by atoms with E-state index < -0.39 is 0 Å².